The van der Waals surface area contributed by atoms with Crippen molar-refractivity contribution in [3.05, 3.63) is 35.4 Å². The second kappa shape index (κ2) is 6.73. The fourth-order valence-electron chi connectivity index (χ4n) is 3.70. The summed E-state index contributed by atoms with van der Waals surface area (Å²) < 4.78 is 26.6. The van der Waals surface area contributed by atoms with Gasteiger partial charge in [0.25, 0.3) is 5.92 Å². The Labute approximate surface area is 141 Å². The molecule has 0 aromatic heterocycles. The maximum absolute atomic E-state index is 13.3. The molecule has 23 heavy (non-hydrogen) atoms. The van der Waals surface area contributed by atoms with Gasteiger partial charge >= 0.3 is 0 Å². The Hall–Kier alpha value is -1.20. The van der Waals surface area contributed by atoms with E-state index in [0.717, 1.165) is 6.42 Å². The number of hydrogen-bond donors (Lipinski definition) is 1. The second-order valence-corrected chi connectivity index (χ2v) is 6.62. The topological polar surface area (TPSA) is 32.3 Å². The Morgan fingerprint density at radius 2 is 2.04 bits per heavy atom. The Bertz CT molecular complexity index is 581. The number of carbonyl (C=O) groups excluding carboxylic acids is 1. The highest BCUT2D eigenvalue weighted by molar-refractivity contribution is 5.85. The third-order valence-electron chi connectivity index (χ3n) is 4.89. The molecule has 3 unspecified atom stereocenters. The van der Waals surface area contributed by atoms with Crippen LogP contribution in [0.5, 0.6) is 0 Å². The summed E-state index contributed by atoms with van der Waals surface area (Å²) in [7, 11) is 0. The molecule has 1 amide bonds. The maximum Gasteiger partial charge on any atom is 0.262 e. The van der Waals surface area contributed by atoms with Gasteiger partial charge in [-0.15, -0.1) is 12.4 Å². The zero-order valence-electron chi connectivity index (χ0n) is 13.4. The maximum atomic E-state index is 13.3. The molecule has 0 spiro atoms. The molecule has 3 nitrogen and oxygen atoms in total. The summed E-state index contributed by atoms with van der Waals surface area (Å²) >= 11 is 0. The number of carbonyl (C=O) groups is 1. The van der Waals surface area contributed by atoms with Gasteiger partial charge in [0.1, 0.15) is 0 Å². The highest BCUT2D eigenvalue weighted by atomic mass is 35.5. The number of rotatable bonds is 2. The van der Waals surface area contributed by atoms with Crippen LogP contribution in [0, 0.1) is 6.92 Å². The van der Waals surface area contributed by atoms with Crippen LogP contribution < -0.4 is 5.32 Å². The molecule has 0 bridgehead atoms. The first-order valence-electron chi connectivity index (χ1n) is 7.84. The van der Waals surface area contributed by atoms with Crippen molar-refractivity contribution in [1.29, 1.82) is 0 Å². The van der Waals surface area contributed by atoms with Gasteiger partial charge in [-0.05, 0) is 31.4 Å². The molecule has 1 aromatic carbocycles. The molecule has 1 aromatic rings. The van der Waals surface area contributed by atoms with Gasteiger partial charge in [0.2, 0.25) is 5.91 Å². The van der Waals surface area contributed by atoms with Crippen LogP contribution in [0.15, 0.2) is 24.3 Å². The summed E-state index contributed by atoms with van der Waals surface area (Å²) in [6, 6.07) is 7.54. The molecule has 2 fully saturated rings. The first kappa shape index (κ1) is 18.1. The van der Waals surface area contributed by atoms with Gasteiger partial charge in [-0.2, -0.15) is 0 Å². The Morgan fingerprint density at radius 3 is 2.65 bits per heavy atom. The molecule has 2 saturated heterocycles. The molecule has 0 saturated carbocycles. The summed E-state index contributed by atoms with van der Waals surface area (Å²) in [4.78, 5) is 14.3. The van der Waals surface area contributed by atoms with Gasteiger partial charge in [-0.1, -0.05) is 24.3 Å². The van der Waals surface area contributed by atoms with Crippen LogP contribution in [0.25, 0.3) is 0 Å². The number of nitrogens with one attached hydrogen (secondary N) is 1. The minimum atomic E-state index is -2.77. The molecule has 0 aliphatic carbocycles. The van der Waals surface area contributed by atoms with E-state index < -0.39 is 18.5 Å². The van der Waals surface area contributed by atoms with E-state index in [0.29, 0.717) is 12.5 Å². The van der Waals surface area contributed by atoms with Crippen molar-refractivity contribution in [3.8, 4) is 0 Å². The van der Waals surface area contributed by atoms with Gasteiger partial charge in [0.15, 0.2) is 0 Å². The number of alkyl halides is 2. The fraction of sp³-hybridized carbons (Fsp3) is 0.588. The Kier molecular flexibility index (Phi) is 5.31. The van der Waals surface area contributed by atoms with Crippen LogP contribution in [0.4, 0.5) is 8.78 Å². The van der Waals surface area contributed by atoms with E-state index in [-0.39, 0.29) is 30.8 Å². The predicted octanol–water partition coefficient (Wildman–Crippen LogP) is 3.12. The minimum Gasteiger partial charge on any atom is -0.338 e. The number of nitrogens with zero attached hydrogens (tertiary/aromatic N) is 1. The van der Waals surface area contributed by atoms with E-state index in [1.54, 1.807) is 4.90 Å². The highest BCUT2D eigenvalue weighted by Gasteiger charge is 2.45. The number of aryl methyl sites for hydroxylation is 1. The van der Waals surface area contributed by atoms with Crippen molar-refractivity contribution in [3.63, 3.8) is 0 Å². The monoisotopic (exact) mass is 344 g/mol. The number of likely N-dealkylation sites (tertiary alicyclic amines) is 1. The second-order valence-electron chi connectivity index (χ2n) is 6.62. The van der Waals surface area contributed by atoms with Gasteiger partial charge in [0.05, 0.1) is 12.6 Å². The summed E-state index contributed by atoms with van der Waals surface area (Å²) in [5.74, 6) is -2.65. The lowest BCUT2D eigenvalue weighted by molar-refractivity contribution is -0.134. The zero-order chi connectivity index (χ0) is 15.9. The largest absolute Gasteiger partial charge is 0.338 e. The van der Waals surface area contributed by atoms with Crippen molar-refractivity contribution in [2.24, 2.45) is 0 Å². The lowest BCUT2D eigenvalue weighted by atomic mass is 9.93. The van der Waals surface area contributed by atoms with E-state index in [1.807, 2.05) is 19.1 Å². The first-order valence-corrected chi connectivity index (χ1v) is 7.84. The number of amides is 1. The zero-order valence-corrected chi connectivity index (χ0v) is 14.2. The highest BCUT2D eigenvalue weighted by Crippen LogP contribution is 2.35. The van der Waals surface area contributed by atoms with E-state index in [4.69, 9.17) is 0 Å². The third-order valence-corrected chi connectivity index (χ3v) is 4.89. The van der Waals surface area contributed by atoms with E-state index in [1.165, 1.54) is 11.1 Å². The quantitative estimate of drug-likeness (QED) is 0.894. The predicted molar refractivity (Wildman–Crippen MR) is 88.3 cm³/mol. The molecule has 6 heteroatoms. The molecule has 3 atom stereocenters. The van der Waals surface area contributed by atoms with E-state index in [2.05, 4.69) is 24.4 Å². The molecular weight excluding hydrogens is 322 g/mol. The van der Waals surface area contributed by atoms with Crippen molar-refractivity contribution in [2.75, 3.05) is 13.1 Å². The summed E-state index contributed by atoms with van der Waals surface area (Å²) in [5.41, 5.74) is 2.48. The van der Waals surface area contributed by atoms with Crippen molar-refractivity contribution >= 4 is 18.3 Å². The molecular formula is C17H23ClF2N2O. The van der Waals surface area contributed by atoms with Crippen LogP contribution in [0.3, 0.4) is 0 Å². The molecule has 2 aliphatic rings. The van der Waals surface area contributed by atoms with Crippen LogP contribution in [-0.2, 0) is 4.79 Å². The first-order chi connectivity index (χ1) is 10.4. The lowest BCUT2D eigenvalue weighted by Crippen LogP contribution is -2.45. The van der Waals surface area contributed by atoms with E-state index >= 15 is 0 Å². The minimum absolute atomic E-state index is 0. The smallest absolute Gasteiger partial charge is 0.262 e. The Morgan fingerprint density at radius 1 is 1.35 bits per heavy atom. The van der Waals surface area contributed by atoms with Gasteiger partial charge in [-0.3, -0.25) is 10.1 Å². The van der Waals surface area contributed by atoms with Crippen molar-refractivity contribution in [2.45, 2.75) is 50.6 Å². The normalized spacial score (nSPS) is 29.4. The molecule has 128 valence electrons. The van der Waals surface area contributed by atoms with E-state index in [9.17, 15) is 13.6 Å². The molecule has 3 rings (SSSR count). The van der Waals surface area contributed by atoms with Crippen LogP contribution in [0.1, 0.15) is 36.8 Å². The summed E-state index contributed by atoms with van der Waals surface area (Å²) in [6.45, 7) is 4.30. The molecule has 2 aliphatic heterocycles. The van der Waals surface area contributed by atoms with Gasteiger partial charge in [-0.25, -0.2) is 8.78 Å². The van der Waals surface area contributed by atoms with Crippen LogP contribution >= 0.6 is 12.4 Å². The number of benzene rings is 1. The average molecular weight is 345 g/mol. The Balaban J connectivity index is 0.00000192. The average Bonchev–Trinajstić information content (AvgIpc) is 3.01. The lowest BCUT2D eigenvalue weighted by Gasteiger charge is -2.25. The molecule has 1 N–H and O–H groups in total. The van der Waals surface area contributed by atoms with Gasteiger partial charge < -0.3 is 4.90 Å². The SMILES string of the molecule is Cc1ccccc1C1CC(C)N(C(=O)C2CC(F)(F)CN2)C1.Cl. The number of halogens is 3. The third kappa shape index (κ3) is 3.66. The van der Waals surface area contributed by atoms with Crippen LogP contribution in [0.2, 0.25) is 0 Å². The van der Waals surface area contributed by atoms with Crippen molar-refractivity contribution in [1.82, 2.24) is 10.2 Å². The van der Waals surface area contributed by atoms with Crippen molar-refractivity contribution < 1.29 is 13.6 Å². The molecule has 0 radical (unpaired) electrons. The number of hydrogen-bond acceptors (Lipinski definition) is 2. The summed E-state index contributed by atoms with van der Waals surface area (Å²) in [6.07, 6.45) is 0.504. The fourth-order valence-corrected chi connectivity index (χ4v) is 3.70. The van der Waals surface area contributed by atoms with Gasteiger partial charge in [0, 0.05) is 24.9 Å². The van der Waals surface area contributed by atoms with Crippen LogP contribution in [-0.4, -0.2) is 41.9 Å². The standard InChI is InChI=1S/C17H22F2N2O.ClH/c1-11-5-3-4-6-14(11)13-7-12(2)21(9-13)16(22)15-8-17(18,19)10-20-15;/h3-6,12-13,15,20H,7-10H2,1-2H3;1H. The summed E-state index contributed by atoms with van der Waals surface area (Å²) in [5, 5.41) is 2.67. The molecule has 2 heterocycles.